The largest absolute Gasteiger partial charge is 0.489 e. The van der Waals surface area contributed by atoms with Gasteiger partial charge < -0.3 is 20.1 Å². The predicted octanol–water partition coefficient (Wildman–Crippen LogP) is 4.57. The van der Waals surface area contributed by atoms with Crippen LogP contribution in [0.15, 0.2) is 48.5 Å². The van der Waals surface area contributed by atoms with Gasteiger partial charge in [-0.25, -0.2) is 0 Å². The van der Waals surface area contributed by atoms with Crippen molar-refractivity contribution in [1.29, 1.82) is 0 Å². The van der Waals surface area contributed by atoms with Gasteiger partial charge in [0, 0.05) is 24.8 Å². The maximum absolute atomic E-state index is 12.7. The summed E-state index contributed by atoms with van der Waals surface area (Å²) in [5.74, 6) is 0.793. The van der Waals surface area contributed by atoms with Gasteiger partial charge in [-0.2, -0.15) is 0 Å². The fraction of sp³-hybridized carbons (Fsp3) is 0.480. The normalized spacial score (nSPS) is 21.2. The van der Waals surface area contributed by atoms with Crippen LogP contribution in [-0.4, -0.2) is 37.3 Å². The lowest BCUT2D eigenvalue weighted by molar-refractivity contribution is 0.0696. The van der Waals surface area contributed by atoms with E-state index >= 15 is 0 Å². The smallest absolute Gasteiger partial charge is 0.251 e. The molecule has 0 saturated carbocycles. The molecule has 0 spiro atoms. The molecule has 0 aromatic heterocycles. The molecule has 2 heterocycles. The second-order valence-electron chi connectivity index (χ2n) is 8.74. The summed E-state index contributed by atoms with van der Waals surface area (Å²) in [7, 11) is 0. The number of nitrogens with one attached hydrogen (secondary N) is 2. The molecule has 2 aliphatic rings. The molecule has 0 radical (unpaired) electrons. The molecule has 1 atom stereocenters. The zero-order valence-electron chi connectivity index (χ0n) is 17.8. The number of anilines is 1. The highest BCUT2D eigenvalue weighted by atomic mass is 16.5. The Morgan fingerprint density at radius 2 is 1.93 bits per heavy atom. The third-order valence-electron chi connectivity index (χ3n) is 6.07. The molecule has 1 saturated heterocycles. The van der Waals surface area contributed by atoms with E-state index in [2.05, 4.69) is 47.9 Å². The standard InChI is InChI=1S/C25H32N2O3/c1-25(14-6-5-9-19-7-3-2-4-8-19)18-30-23-11-10-20(17-22(23)27-25)24(28)26-21-12-15-29-16-13-21/h2-4,7-8,10-11,17,21,27H,5-6,9,12-16,18H2,1H3,(H,26,28). The molecule has 1 unspecified atom stereocenters. The number of hydrogen-bond donors (Lipinski definition) is 2. The van der Waals surface area contributed by atoms with Crippen LogP contribution in [0.2, 0.25) is 0 Å². The van der Waals surface area contributed by atoms with Gasteiger partial charge in [-0.1, -0.05) is 36.8 Å². The van der Waals surface area contributed by atoms with Gasteiger partial charge >= 0.3 is 0 Å². The van der Waals surface area contributed by atoms with Crippen LogP contribution in [0.25, 0.3) is 0 Å². The van der Waals surface area contributed by atoms with Crippen molar-refractivity contribution in [3.63, 3.8) is 0 Å². The van der Waals surface area contributed by atoms with Crippen LogP contribution >= 0.6 is 0 Å². The highest BCUT2D eigenvalue weighted by Gasteiger charge is 2.30. The van der Waals surface area contributed by atoms with Gasteiger partial charge in [0.05, 0.1) is 11.2 Å². The minimum absolute atomic E-state index is 0.0263. The van der Waals surface area contributed by atoms with Gasteiger partial charge in [-0.05, 0) is 62.8 Å². The molecular formula is C25H32N2O3. The average molecular weight is 409 g/mol. The first kappa shape index (κ1) is 20.7. The Kier molecular flexibility index (Phi) is 6.58. The maximum Gasteiger partial charge on any atom is 0.251 e. The van der Waals surface area contributed by atoms with E-state index in [-0.39, 0.29) is 17.5 Å². The summed E-state index contributed by atoms with van der Waals surface area (Å²) in [5, 5.41) is 6.78. The SMILES string of the molecule is CC1(CCCCc2ccccc2)COc2ccc(C(=O)NC3CCOCC3)cc2N1. The number of rotatable bonds is 7. The Hall–Kier alpha value is -2.53. The average Bonchev–Trinajstić information content (AvgIpc) is 2.77. The summed E-state index contributed by atoms with van der Waals surface area (Å²) in [4.78, 5) is 12.7. The number of unbranched alkanes of at least 4 members (excludes halogenated alkanes) is 1. The van der Waals surface area contributed by atoms with Crippen LogP contribution in [-0.2, 0) is 11.2 Å². The van der Waals surface area contributed by atoms with E-state index in [0.717, 1.165) is 50.0 Å². The molecule has 0 bridgehead atoms. The van der Waals surface area contributed by atoms with Gasteiger partial charge in [0.15, 0.2) is 0 Å². The summed E-state index contributed by atoms with van der Waals surface area (Å²) >= 11 is 0. The number of aryl methyl sites for hydroxylation is 1. The van der Waals surface area contributed by atoms with E-state index in [1.54, 1.807) is 0 Å². The third-order valence-corrected chi connectivity index (χ3v) is 6.07. The van der Waals surface area contributed by atoms with Crippen molar-refractivity contribution in [2.24, 2.45) is 0 Å². The zero-order chi connectivity index (χ0) is 20.8. The Bertz CT molecular complexity index is 849. The maximum atomic E-state index is 12.7. The van der Waals surface area contributed by atoms with Crippen LogP contribution in [0.1, 0.15) is 54.9 Å². The lowest BCUT2D eigenvalue weighted by atomic mass is 9.92. The van der Waals surface area contributed by atoms with Crippen molar-refractivity contribution in [2.75, 3.05) is 25.1 Å². The molecule has 2 aromatic carbocycles. The Labute approximate surface area is 179 Å². The van der Waals surface area contributed by atoms with Crippen molar-refractivity contribution >= 4 is 11.6 Å². The van der Waals surface area contributed by atoms with E-state index in [9.17, 15) is 4.79 Å². The second kappa shape index (κ2) is 9.52. The highest BCUT2D eigenvalue weighted by molar-refractivity contribution is 5.96. The van der Waals surface area contributed by atoms with Gasteiger partial charge in [-0.3, -0.25) is 4.79 Å². The molecule has 1 amide bonds. The van der Waals surface area contributed by atoms with E-state index in [1.165, 1.54) is 5.56 Å². The number of hydrogen-bond acceptors (Lipinski definition) is 4. The number of ether oxygens (including phenoxy) is 2. The topological polar surface area (TPSA) is 59.6 Å². The molecule has 30 heavy (non-hydrogen) atoms. The van der Waals surface area contributed by atoms with Crippen LogP contribution in [0.5, 0.6) is 5.75 Å². The lowest BCUT2D eigenvalue weighted by Crippen LogP contribution is -2.44. The molecule has 5 nitrogen and oxygen atoms in total. The molecule has 160 valence electrons. The molecule has 2 N–H and O–H groups in total. The zero-order valence-corrected chi connectivity index (χ0v) is 17.8. The fourth-order valence-corrected chi connectivity index (χ4v) is 4.23. The van der Waals surface area contributed by atoms with Gasteiger partial charge in [-0.15, -0.1) is 0 Å². The summed E-state index contributed by atoms with van der Waals surface area (Å²) in [6, 6.07) is 16.5. The molecule has 2 aromatic rings. The Balaban J connectivity index is 1.32. The fourth-order valence-electron chi connectivity index (χ4n) is 4.23. The summed E-state index contributed by atoms with van der Waals surface area (Å²) in [6.45, 7) is 4.27. The van der Waals surface area contributed by atoms with Crippen LogP contribution in [0.3, 0.4) is 0 Å². The molecule has 2 aliphatic heterocycles. The van der Waals surface area contributed by atoms with Gasteiger partial charge in [0.1, 0.15) is 12.4 Å². The van der Waals surface area contributed by atoms with Gasteiger partial charge in [0.25, 0.3) is 5.91 Å². The molecule has 1 fully saturated rings. The van der Waals surface area contributed by atoms with Crippen LogP contribution in [0.4, 0.5) is 5.69 Å². The van der Waals surface area contributed by atoms with Gasteiger partial charge in [0.2, 0.25) is 0 Å². The quantitative estimate of drug-likeness (QED) is 0.659. The number of carbonyl (C=O) groups is 1. The molecule has 4 rings (SSSR count). The Morgan fingerprint density at radius 3 is 2.73 bits per heavy atom. The van der Waals surface area contributed by atoms with Crippen molar-refractivity contribution in [2.45, 2.75) is 57.0 Å². The number of amides is 1. The summed E-state index contributed by atoms with van der Waals surface area (Å²) < 4.78 is 11.4. The molecule has 0 aliphatic carbocycles. The van der Waals surface area contributed by atoms with E-state index in [1.807, 2.05) is 18.2 Å². The van der Waals surface area contributed by atoms with E-state index in [0.29, 0.717) is 25.4 Å². The van der Waals surface area contributed by atoms with Crippen molar-refractivity contribution in [3.8, 4) is 5.75 Å². The Morgan fingerprint density at radius 1 is 1.13 bits per heavy atom. The molecular weight excluding hydrogens is 376 g/mol. The number of fused-ring (bicyclic) bond motifs is 1. The van der Waals surface area contributed by atoms with Crippen molar-refractivity contribution < 1.29 is 14.3 Å². The van der Waals surface area contributed by atoms with Crippen LogP contribution in [0, 0.1) is 0 Å². The predicted molar refractivity (Wildman–Crippen MR) is 119 cm³/mol. The molecule has 5 heteroatoms. The minimum Gasteiger partial charge on any atom is -0.489 e. The lowest BCUT2D eigenvalue weighted by Gasteiger charge is -2.37. The monoisotopic (exact) mass is 408 g/mol. The summed E-state index contributed by atoms with van der Waals surface area (Å²) in [5.41, 5.74) is 2.84. The van der Waals surface area contributed by atoms with Crippen molar-refractivity contribution in [1.82, 2.24) is 5.32 Å². The van der Waals surface area contributed by atoms with E-state index in [4.69, 9.17) is 9.47 Å². The third kappa shape index (κ3) is 5.33. The number of benzene rings is 2. The minimum atomic E-state index is -0.126. The van der Waals surface area contributed by atoms with Crippen LogP contribution < -0.4 is 15.4 Å². The second-order valence-corrected chi connectivity index (χ2v) is 8.74. The first-order valence-electron chi connectivity index (χ1n) is 11.1. The highest BCUT2D eigenvalue weighted by Crippen LogP contribution is 2.35. The van der Waals surface area contributed by atoms with E-state index < -0.39 is 0 Å². The summed E-state index contributed by atoms with van der Waals surface area (Å²) in [6.07, 6.45) is 6.16. The first-order chi connectivity index (χ1) is 14.6. The van der Waals surface area contributed by atoms with Crippen molar-refractivity contribution in [3.05, 3.63) is 59.7 Å². The number of carbonyl (C=O) groups excluding carboxylic acids is 1. The first-order valence-corrected chi connectivity index (χ1v) is 11.1.